The number of halogens is 1. The molecule has 2 nitrogen and oxygen atoms in total. The van der Waals surface area contributed by atoms with Crippen molar-refractivity contribution in [1.82, 2.24) is 0 Å². The highest BCUT2D eigenvalue weighted by molar-refractivity contribution is 6.30. The zero-order valence-electron chi connectivity index (χ0n) is 4.58. The van der Waals surface area contributed by atoms with Crippen molar-refractivity contribution in [2.24, 2.45) is 0 Å². The van der Waals surface area contributed by atoms with Gasteiger partial charge in [-0.1, -0.05) is 11.6 Å². The van der Waals surface area contributed by atoms with E-state index in [1.54, 1.807) is 0 Å². The molecule has 0 spiro atoms. The van der Waals surface area contributed by atoms with Crippen molar-refractivity contribution in [3.05, 3.63) is 11.1 Å². The maximum atomic E-state index is 5.79. The lowest BCUT2D eigenvalue weighted by atomic mass is 10.1. The van der Waals surface area contributed by atoms with Gasteiger partial charge in [0, 0.05) is 5.03 Å². The van der Waals surface area contributed by atoms with Crippen molar-refractivity contribution >= 4 is 11.6 Å². The van der Waals surface area contributed by atoms with Crippen LogP contribution in [0.25, 0.3) is 0 Å². The molecule has 2 heterocycles. The summed E-state index contributed by atoms with van der Waals surface area (Å²) in [6.45, 7) is 0. The van der Waals surface area contributed by atoms with Gasteiger partial charge in [0.25, 0.3) is 0 Å². The second-order valence-electron chi connectivity index (χ2n) is 2.64. The van der Waals surface area contributed by atoms with E-state index in [0.717, 1.165) is 5.03 Å². The molecule has 2 aliphatic heterocycles. The number of ether oxygens (including phenoxy) is 2. The molecule has 0 radical (unpaired) electrons. The molecule has 4 atom stereocenters. The fourth-order valence-corrected chi connectivity index (χ4v) is 1.68. The number of epoxide rings is 2. The molecule has 1 aliphatic carbocycles. The number of fused-ring (bicyclic) bond motifs is 3. The largest absolute Gasteiger partial charge is 0.362 e. The summed E-state index contributed by atoms with van der Waals surface area (Å²) >= 11 is 5.79. The van der Waals surface area contributed by atoms with Gasteiger partial charge in [0.15, 0.2) is 0 Å². The highest BCUT2D eigenvalue weighted by Gasteiger charge is 2.61. The minimum atomic E-state index is 0.190. The lowest BCUT2D eigenvalue weighted by molar-refractivity contribution is 0.313. The molecule has 2 saturated heterocycles. The SMILES string of the molecule is ClC1=C[C@@H]2O[C@@H]2[C@@H]2O[C@H]12. The zero-order valence-corrected chi connectivity index (χ0v) is 5.34. The van der Waals surface area contributed by atoms with E-state index in [-0.39, 0.29) is 12.2 Å². The van der Waals surface area contributed by atoms with Crippen LogP contribution in [0.4, 0.5) is 0 Å². The predicted molar refractivity (Wildman–Crippen MR) is 31.3 cm³/mol. The van der Waals surface area contributed by atoms with Crippen molar-refractivity contribution in [3.8, 4) is 0 Å². The van der Waals surface area contributed by atoms with Crippen LogP contribution in [0.3, 0.4) is 0 Å². The number of hydrogen-bond donors (Lipinski definition) is 0. The Kier molecular flexibility index (Phi) is 0.625. The van der Waals surface area contributed by atoms with E-state index in [2.05, 4.69) is 0 Å². The van der Waals surface area contributed by atoms with Gasteiger partial charge in [0.1, 0.15) is 24.4 Å². The highest BCUT2D eigenvalue weighted by Crippen LogP contribution is 2.48. The maximum absolute atomic E-state index is 5.79. The fourth-order valence-electron chi connectivity index (χ4n) is 1.38. The molecule has 0 bridgehead atoms. The van der Waals surface area contributed by atoms with E-state index in [1.165, 1.54) is 0 Å². The zero-order chi connectivity index (χ0) is 6.01. The van der Waals surface area contributed by atoms with Gasteiger partial charge in [-0.2, -0.15) is 0 Å². The Morgan fingerprint density at radius 2 is 2.22 bits per heavy atom. The Hall–Kier alpha value is -0.0500. The van der Waals surface area contributed by atoms with Gasteiger partial charge in [0.05, 0.1) is 0 Å². The third-order valence-electron chi connectivity index (χ3n) is 2.01. The van der Waals surface area contributed by atoms with Gasteiger partial charge in [0.2, 0.25) is 0 Å². The molecular weight excluding hydrogens is 140 g/mol. The molecule has 0 saturated carbocycles. The second kappa shape index (κ2) is 1.19. The maximum Gasteiger partial charge on any atom is 0.122 e. The summed E-state index contributed by atoms with van der Waals surface area (Å²) in [6.07, 6.45) is 3.06. The normalized spacial score (nSPS) is 59.4. The summed E-state index contributed by atoms with van der Waals surface area (Å²) in [4.78, 5) is 0. The van der Waals surface area contributed by atoms with Crippen LogP contribution >= 0.6 is 11.6 Å². The number of rotatable bonds is 0. The van der Waals surface area contributed by atoms with Gasteiger partial charge >= 0.3 is 0 Å². The van der Waals surface area contributed by atoms with Crippen LogP contribution in [0, 0.1) is 0 Å². The topological polar surface area (TPSA) is 25.1 Å². The van der Waals surface area contributed by atoms with Crippen molar-refractivity contribution in [1.29, 1.82) is 0 Å². The fraction of sp³-hybridized carbons (Fsp3) is 0.667. The first-order valence-electron chi connectivity index (χ1n) is 3.04. The quantitative estimate of drug-likeness (QED) is 0.467. The van der Waals surface area contributed by atoms with Gasteiger partial charge in [-0.25, -0.2) is 0 Å². The first kappa shape index (κ1) is 4.72. The number of hydrogen-bond acceptors (Lipinski definition) is 2. The lowest BCUT2D eigenvalue weighted by Crippen LogP contribution is -2.09. The molecule has 0 amide bonds. The average molecular weight is 145 g/mol. The van der Waals surface area contributed by atoms with Crippen LogP contribution < -0.4 is 0 Å². The summed E-state index contributed by atoms with van der Waals surface area (Å²) in [7, 11) is 0. The van der Waals surface area contributed by atoms with Gasteiger partial charge < -0.3 is 9.47 Å². The summed E-state index contributed by atoms with van der Waals surface area (Å²) in [5, 5.41) is 0.832. The molecule has 3 rings (SSSR count). The summed E-state index contributed by atoms with van der Waals surface area (Å²) in [5.74, 6) is 0. The molecule has 0 unspecified atom stereocenters. The van der Waals surface area contributed by atoms with Crippen LogP contribution in [0.1, 0.15) is 0 Å². The average Bonchev–Trinajstić information content (AvgIpc) is 2.54. The third-order valence-corrected chi connectivity index (χ3v) is 2.35. The molecule has 9 heavy (non-hydrogen) atoms. The Labute approximate surface area is 57.4 Å². The molecule has 0 aromatic rings. The van der Waals surface area contributed by atoms with Gasteiger partial charge in [-0.3, -0.25) is 0 Å². The van der Waals surface area contributed by atoms with Crippen LogP contribution in [-0.2, 0) is 9.47 Å². The molecule has 48 valence electrons. The first-order valence-corrected chi connectivity index (χ1v) is 3.42. The van der Waals surface area contributed by atoms with Crippen molar-refractivity contribution in [2.75, 3.05) is 0 Å². The molecule has 2 fully saturated rings. The van der Waals surface area contributed by atoms with E-state index in [1.807, 2.05) is 6.08 Å². The van der Waals surface area contributed by atoms with Crippen molar-refractivity contribution < 1.29 is 9.47 Å². The van der Waals surface area contributed by atoms with Crippen LogP contribution in [-0.4, -0.2) is 24.4 Å². The van der Waals surface area contributed by atoms with Gasteiger partial charge in [-0.05, 0) is 6.08 Å². The minimum absolute atomic E-state index is 0.190. The second-order valence-corrected chi connectivity index (χ2v) is 3.07. The summed E-state index contributed by atoms with van der Waals surface area (Å²) in [6, 6.07) is 0. The van der Waals surface area contributed by atoms with Crippen molar-refractivity contribution in [2.45, 2.75) is 24.4 Å². The lowest BCUT2D eigenvalue weighted by Gasteiger charge is -1.93. The van der Waals surface area contributed by atoms with Crippen LogP contribution in [0.15, 0.2) is 11.1 Å². The van der Waals surface area contributed by atoms with E-state index in [4.69, 9.17) is 21.1 Å². The van der Waals surface area contributed by atoms with E-state index >= 15 is 0 Å². The Morgan fingerprint density at radius 3 is 3.11 bits per heavy atom. The molecule has 0 N–H and O–H groups in total. The van der Waals surface area contributed by atoms with Crippen LogP contribution in [0.2, 0.25) is 0 Å². The third kappa shape index (κ3) is 0.491. The van der Waals surface area contributed by atoms with Crippen molar-refractivity contribution in [3.63, 3.8) is 0 Å². The Morgan fingerprint density at radius 1 is 1.33 bits per heavy atom. The van der Waals surface area contributed by atoms with E-state index < -0.39 is 0 Å². The van der Waals surface area contributed by atoms with Gasteiger partial charge in [-0.15, -0.1) is 0 Å². The Balaban J connectivity index is 2.03. The van der Waals surface area contributed by atoms with E-state index in [9.17, 15) is 0 Å². The first-order chi connectivity index (χ1) is 4.36. The smallest absolute Gasteiger partial charge is 0.122 e. The molecule has 3 heteroatoms. The molecule has 3 aliphatic rings. The standard InChI is InChI=1S/C6H5ClO2/c7-2-1-3-5(8-3)6-4(2)9-6/h1,3-6H/t3-,4+,5-,6+/m0/s1. The van der Waals surface area contributed by atoms with Crippen LogP contribution in [0.5, 0.6) is 0 Å². The van der Waals surface area contributed by atoms with E-state index in [0.29, 0.717) is 12.2 Å². The molecule has 0 aromatic heterocycles. The minimum Gasteiger partial charge on any atom is -0.362 e. The monoisotopic (exact) mass is 144 g/mol. The summed E-state index contributed by atoms with van der Waals surface area (Å²) in [5.41, 5.74) is 0. The molecular formula is C6H5ClO2. The highest BCUT2D eigenvalue weighted by atomic mass is 35.5. The molecule has 0 aromatic carbocycles. The summed E-state index contributed by atoms with van der Waals surface area (Å²) < 4.78 is 10.4. The predicted octanol–water partition coefficient (Wildman–Crippen LogP) is 0.657. The Bertz CT molecular complexity index is 201.